The Bertz CT molecular complexity index is 349. The van der Waals surface area contributed by atoms with Gasteiger partial charge in [0, 0.05) is 12.8 Å². The molecule has 0 spiro atoms. The first-order valence-corrected chi connectivity index (χ1v) is 5.34. The second-order valence-electron chi connectivity index (χ2n) is 3.44. The lowest BCUT2D eigenvalue weighted by molar-refractivity contribution is -0.128. The molecular formula is C12H16N2O2. The van der Waals surface area contributed by atoms with E-state index in [2.05, 4.69) is 10.9 Å². The molecular weight excluding hydrogens is 204 g/mol. The van der Waals surface area contributed by atoms with E-state index in [-0.39, 0.29) is 11.8 Å². The summed E-state index contributed by atoms with van der Waals surface area (Å²) in [5, 5.41) is 0. The molecule has 1 aromatic rings. The molecule has 86 valence electrons. The number of carbonyl (C=O) groups is 2. The smallest absolute Gasteiger partial charge is 0.238 e. The molecule has 4 heteroatoms. The van der Waals surface area contributed by atoms with Gasteiger partial charge in [-0.15, -0.1) is 0 Å². The predicted molar refractivity (Wildman–Crippen MR) is 61.3 cm³/mol. The van der Waals surface area contributed by atoms with E-state index in [0.29, 0.717) is 19.3 Å². The number of nitrogens with one attached hydrogen (secondary N) is 2. The Labute approximate surface area is 95.0 Å². The molecule has 0 atom stereocenters. The molecule has 0 aliphatic rings. The highest BCUT2D eigenvalue weighted by Gasteiger charge is 2.02. The minimum atomic E-state index is -0.187. The van der Waals surface area contributed by atoms with Crippen LogP contribution in [0, 0.1) is 0 Å². The van der Waals surface area contributed by atoms with Crippen LogP contribution >= 0.6 is 0 Å². The van der Waals surface area contributed by atoms with E-state index < -0.39 is 0 Å². The van der Waals surface area contributed by atoms with E-state index in [0.717, 1.165) is 5.56 Å². The van der Waals surface area contributed by atoms with Crippen LogP contribution in [0.3, 0.4) is 0 Å². The average molecular weight is 220 g/mol. The van der Waals surface area contributed by atoms with Crippen molar-refractivity contribution in [1.29, 1.82) is 0 Å². The first-order chi connectivity index (χ1) is 7.72. The number of carbonyl (C=O) groups excluding carboxylic acids is 2. The second-order valence-corrected chi connectivity index (χ2v) is 3.44. The molecule has 0 bridgehead atoms. The molecule has 2 N–H and O–H groups in total. The molecule has 16 heavy (non-hydrogen) atoms. The fourth-order valence-electron chi connectivity index (χ4n) is 1.19. The van der Waals surface area contributed by atoms with Gasteiger partial charge in [-0.25, -0.2) is 0 Å². The molecule has 0 aromatic heterocycles. The van der Waals surface area contributed by atoms with Gasteiger partial charge in [-0.05, 0) is 12.0 Å². The summed E-state index contributed by atoms with van der Waals surface area (Å²) < 4.78 is 0. The number of benzene rings is 1. The molecule has 1 rings (SSSR count). The second kappa shape index (κ2) is 6.61. The van der Waals surface area contributed by atoms with Crippen molar-refractivity contribution in [2.24, 2.45) is 0 Å². The van der Waals surface area contributed by atoms with E-state index in [1.165, 1.54) is 0 Å². The third kappa shape index (κ3) is 4.59. The van der Waals surface area contributed by atoms with Crippen LogP contribution in [0.1, 0.15) is 25.3 Å². The summed E-state index contributed by atoms with van der Waals surface area (Å²) in [6.07, 6.45) is 1.40. The van der Waals surface area contributed by atoms with E-state index in [4.69, 9.17) is 0 Å². The fourth-order valence-corrected chi connectivity index (χ4v) is 1.19. The average Bonchev–Trinajstić information content (AvgIpc) is 2.34. The standard InChI is InChI=1S/C12H16N2O2/c1-2-11(15)13-14-12(16)9-8-10-6-4-3-5-7-10/h3-7H,2,8-9H2,1H3,(H,13,15)(H,14,16). The van der Waals surface area contributed by atoms with Gasteiger partial charge in [-0.1, -0.05) is 37.3 Å². The largest absolute Gasteiger partial charge is 0.273 e. The van der Waals surface area contributed by atoms with Crippen LogP contribution in [0.5, 0.6) is 0 Å². The summed E-state index contributed by atoms with van der Waals surface area (Å²) in [7, 11) is 0. The van der Waals surface area contributed by atoms with E-state index in [9.17, 15) is 9.59 Å². The monoisotopic (exact) mass is 220 g/mol. The maximum atomic E-state index is 11.3. The normalized spacial score (nSPS) is 9.56. The highest BCUT2D eigenvalue weighted by Crippen LogP contribution is 2.01. The fraction of sp³-hybridized carbons (Fsp3) is 0.333. The highest BCUT2D eigenvalue weighted by molar-refractivity contribution is 5.81. The summed E-state index contributed by atoms with van der Waals surface area (Å²) in [6.45, 7) is 1.73. The lowest BCUT2D eigenvalue weighted by Gasteiger charge is -2.05. The Morgan fingerprint density at radius 3 is 2.31 bits per heavy atom. The van der Waals surface area contributed by atoms with Gasteiger partial charge in [0.15, 0.2) is 0 Å². The first-order valence-electron chi connectivity index (χ1n) is 5.34. The van der Waals surface area contributed by atoms with Crippen molar-refractivity contribution < 1.29 is 9.59 Å². The quantitative estimate of drug-likeness (QED) is 0.748. The highest BCUT2D eigenvalue weighted by atomic mass is 16.2. The molecule has 0 aliphatic heterocycles. The molecule has 2 amide bonds. The van der Waals surface area contributed by atoms with Crippen LogP contribution < -0.4 is 10.9 Å². The van der Waals surface area contributed by atoms with Crippen LogP contribution in [0.25, 0.3) is 0 Å². The zero-order valence-corrected chi connectivity index (χ0v) is 9.32. The molecule has 0 saturated heterocycles. The summed E-state index contributed by atoms with van der Waals surface area (Å²) in [5.74, 6) is -0.362. The summed E-state index contributed by atoms with van der Waals surface area (Å²) in [4.78, 5) is 22.2. The van der Waals surface area contributed by atoms with Gasteiger partial charge in [0.1, 0.15) is 0 Å². The molecule has 0 aliphatic carbocycles. The van der Waals surface area contributed by atoms with Crippen molar-refractivity contribution in [3.8, 4) is 0 Å². The Kier molecular flexibility index (Phi) is 5.05. The van der Waals surface area contributed by atoms with E-state index >= 15 is 0 Å². The van der Waals surface area contributed by atoms with Gasteiger partial charge in [-0.2, -0.15) is 0 Å². The zero-order valence-electron chi connectivity index (χ0n) is 9.32. The van der Waals surface area contributed by atoms with Gasteiger partial charge in [0.2, 0.25) is 11.8 Å². The topological polar surface area (TPSA) is 58.2 Å². The number of hydrogen-bond acceptors (Lipinski definition) is 2. The van der Waals surface area contributed by atoms with Crippen molar-refractivity contribution >= 4 is 11.8 Å². The Balaban J connectivity index is 2.23. The van der Waals surface area contributed by atoms with Gasteiger partial charge in [-0.3, -0.25) is 20.4 Å². The predicted octanol–water partition coefficient (Wildman–Crippen LogP) is 1.18. The van der Waals surface area contributed by atoms with Crippen LogP contribution in [-0.2, 0) is 16.0 Å². The lowest BCUT2D eigenvalue weighted by Crippen LogP contribution is -2.41. The summed E-state index contributed by atoms with van der Waals surface area (Å²) >= 11 is 0. The zero-order chi connectivity index (χ0) is 11.8. The number of hydrazine groups is 1. The Morgan fingerprint density at radius 2 is 1.69 bits per heavy atom. The van der Waals surface area contributed by atoms with E-state index in [1.54, 1.807) is 6.92 Å². The minimum absolute atomic E-state index is 0.175. The van der Waals surface area contributed by atoms with Crippen LogP contribution in [0.15, 0.2) is 30.3 Å². The number of rotatable bonds is 4. The third-order valence-corrected chi connectivity index (χ3v) is 2.15. The van der Waals surface area contributed by atoms with Gasteiger partial charge in [0.05, 0.1) is 0 Å². The molecule has 0 saturated carbocycles. The van der Waals surface area contributed by atoms with E-state index in [1.807, 2.05) is 30.3 Å². The lowest BCUT2D eigenvalue weighted by atomic mass is 10.1. The van der Waals surface area contributed by atoms with Crippen LogP contribution in [0.2, 0.25) is 0 Å². The van der Waals surface area contributed by atoms with Crippen molar-refractivity contribution in [3.63, 3.8) is 0 Å². The van der Waals surface area contributed by atoms with Crippen molar-refractivity contribution in [2.75, 3.05) is 0 Å². The Morgan fingerprint density at radius 1 is 1.06 bits per heavy atom. The summed E-state index contributed by atoms with van der Waals surface area (Å²) in [6, 6.07) is 9.75. The maximum absolute atomic E-state index is 11.3. The number of hydrogen-bond donors (Lipinski definition) is 2. The SMILES string of the molecule is CCC(=O)NNC(=O)CCc1ccccc1. The van der Waals surface area contributed by atoms with Crippen LogP contribution in [0.4, 0.5) is 0 Å². The molecule has 1 aromatic carbocycles. The summed E-state index contributed by atoms with van der Waals surface area (Å²) in [5.41, 5.74) is 5.81. The molecule has 0 heterocycles. The van der Waals surface area contributed by atoms with Gasteiger partial charge in [0.25, 0.3) is 0 Å². The number of amides is 2. The third-order valence-electron chi connectivity index (χ3n) is 2.15. The molecule has 0 unspecified atom stereocenters. The van der Waals surface area contributed by atoms with Gasteiger partial charge < -0.3 is 0 Å². The van der Waals surface area contributed by atoms with Crippen LogP contribution in [-0.4, -0.2) is 11.8 Å². The first kappa shape index (κ1) is 12.2. The Hall–Kier alpha value is -1.84. The minimum Gasteiger partial charge on any atom is -0.273 e. The molecule has 4 nitrogen and oxygen atoms in total. The molecule has 0 radical (unpaired) electrons. The maximum Gasteiger partial charge on any atom is 0.238 e. The molecule has 0 fully saturated rings. The van der Waals surface area contributed by atoms with Crippen molar-refractivity contribution in [3.05, 3.63) is 35.9 Å². The number of aryl methyl sites for hydroxylation is 1. The van der Waals surface area contributed by atoms with Crippen molar-refractivity contribution in [1.82, 2.24) is 10.9 Å². The van der Waals surface area contributed by atoms with Gasteiger partial charge >= 0.3 is 0 Å². The van der Waals surface area contributed by atoms with Crippen molar-refractivity contribution in [2.45, 2.75) is 26.2 Å².